The SMILES string of the molecule is CCCOc1ccc(/C(O)=C2\C(=O)C(=O)N(c3cccc(F)c3)C2c2ccccc2F)cc1. The van der Waals surface area contributed by atoms with Gasteiger partial charge in [0.05, 0.1) is 18.2 Å². The number of aliphatic hydroxyl groups is 1. The van der Waals surface area contributed by atoms with Gasteiger partial charge in [0.15, 0.2) is 0 Å². The lowest BCUT2D eigenvalue weighted by atomic mass is 9.94. The summed E-state index contributed by atoms with van der Waals surface area (Å²) in [6.45, 7) is 2.50. The van der Waals surface area contributed by atoms with Crippen molar-refractivity contribution >= 4 is 23.1 Å². The van der Waals surface area contributed by atoms with Gasteiger partial charge in [-0.1, -0.05) is 31.2 Å². The Balaban J connectivity index is 1.87. The number of nitrogens with zero attached hydrogens (tertiary/aromatic N) is 1. The monoisotopic (exact) mass is 449 g/mol. The summed E-state index contributed by atoms with van der Waals surface area (Å²) < 4.78 is 34.3. The highest BCUT2D eigenvalue weighted by atomic mass is 19.1. The molecule has 1 unspecified atom stereocenters. The molecule has 5 nitrogen and oxygen atoms in total. The first kappa shape index (κ1) is 22.2. The highest BCUT2D eigenvalue weighted by Gasteiger charge is 2.47. The molecular weight excluding hydrogens is 428 g/mol. The van der Waals surface area contributed by atoms with Gasteiger partial charge in [0.1, 0.15) is 23.1 Å². The minimum atomic E-state index is -1.27. The van der Waals surface area contributed by atoms with E-state index in [2.05, 4.69) is 0 Å². The van der Waals surface area contributed by atoms with Crippen molar-refractivity contribution < 1.29 is 28.2 Å². The summed E-state index contributed by atoms with van der Waals surface area (Å²) >= 11 is 0. The van der Waals surface area contributed by atoms with Crippen LogP contribution in [0.3, 0.4) is 0 Å². The number of anilines is 1. The van der Waals surface area contributed by atoms with Gasteiger partial charge in [-0.05, 0) is 55.0 Å². The fraction of sp³-hybridized carbons (Fsp3) is 0.154. The Hall–Kier alpha value is -4.00. The molecule has 0 bridgehead atoms. The first-order valence-electron chi connectivity index (χ1n) is 10.5. The van der Waals surface area contributed by atoms with E-state index in [1.807, 2.05) is 6.92 Å². The summed E-state index contributed by atoms with van der Waals surface area (Å²) in [5.74, 6) is -3.14. The maximum atomic E-state index is 14.8. The van der Waals surface area contributed by atoms with Gasteiger partial charge in [-0.3, -0.25) is 14.5 Å². The molecule has 0 aromatic heterocycles. The molecule has 1 heterocycles. The lowest BCUT2D eigenvalue weighted by Gasteiger charge is -2.25. The standard InChI is InChI=1S/C26H21F2NO4/c1-2-14-33-19-12-10-16(11-13-19)24(30)22-23(20-8-3-4-9-21(20)28)29(26(32)25(22)31)18-7-5-6-17(27)15-18/h3-13,15,23,30H,2,14H2,1H3/b24-22+. The number of aliphatic hydroxyl groups excluding tert-OH is 1. The van der Waals surface area contributed by atoms with Crippen molar-refractivity contribution in [3.63, 3.8) is 0 Å². The van der Waals surface area contributed by atoms with E-state index >= 15 is 0 Å². The van der Waals surface area contributed by atoms with Gasteiger partial charge in [-0.2, -0.15) is 0 Å². The minimum absolute atomic E-state index is 0.00501. The largest absolute Gasteiger partial charge is 0.507 e. The number of halogens is 2. The summed E-state index contributed by atoms with van der Waals surface area (Å²) in [5, 5.41) is 11.1. The molecule has 1 N–H and O–H groups in total. The maximum Gasteiger partial charge on any atom is 0.300 e. The Bertz CT molecular complexity index is 1240. The number of hydrogen-bond donors (Lipinski definition) is 1. The Morgan fingerprint density at radius 3 is 2.39 bits per heavy atom. The summed E-state index contributed by atoms with van der Waals surface area (Å²) in [7, 11) is 0. The normalized spacial score (nSPS) is 17.4. The quantitative estimate of drug-likeness (QED) is 0.312. The van der Waals surface area contributed by atoms with E-state index in [1.165, 1.54) is 36.4 Å². The number of carbonyl (C=O) groups excluding carboxylic acids is 2. The first-order valence-corrected chi connectivity index (χ1v) is 10.5. The van der Waals surface area contributed by atoms with Crippen molar-refractivity contribution in [1.82, 2.24) is 0 Å². The number of carbonyl (C=O) groups is 2. The smallest absolute Gasteiger partial charge is 0.300 e. The lowest BCUT2D eigenvalue weighted by molar-refractivity contribution is -0.132. The van der Waals surface area contributed by atoms with E-state index in [0.29, 0.717) is 12.4 Å². The van der Waals surface area contributed by atoms with E-state index < -0.39 is 35.1 Å². The van der Waals surface area contributed by atoms with Crippen LogP contribution in [-0.4, -0.2) is 23.4 Å². The van der Waals surface area contributed by atoms with Crippen molar-refractivity contribution in [1.29, 1.82) is 0 Å². The highest BCUT2D eigenvalue weighted by molar-refractivity contribution is 6.51. The third-order valence-corrected chi connectivity index (χ3v) is 5.33. The van der Waals surface area contributed by atoms with Crippen LogP contribution in [0.5, 0.6) is 5.75 Å². The molecule has 0 radical (unpaired) electrons. The van der Waals surface area contributed by atoms with Crippen molar-refractivity contribution in [2.45, 2.75) is 19.4 Å². The average Bonchev–Trinajstić information content (AvgIpc) is 3.08. The molecule has 1 aliphatic heterocycles. The summed E-state index contributed by atoms with van der Waals surface area (Å²) in [4.78, 5) is 27.0. The second kappa shape index (κ2) is 9.24. The number of hydrogen-bond acceptors (Lipinski definition) is 4. The zero-order valence-electron chi connectivity index (χ0n) is 17.8. The highest BCUT2D eigenvalue weighted by Crippen LogP contribution is 2.43. The van der Waals surface area contributed by atoms with Crippen LogP contribution >= 0.6 is 0 Å². The van der Waals surface area contributed by atoms with Gasteiger partial charge in [0.2, 0.25) is 0 Å². The Labute approximate surface area is 189 Å². The number of ketones is 1. The van der Waals surface area contributed by atoms with Crippen LogP contribution in [0.2, 0.25) is 0 Å². The van der Waals surface area contributed by atoms with Crippen molar-refractivity contribution in [3.05, 3.63) is 101 Å². The number of ether oxygens (including phenoxy) is 1. The van der Waals surface area contributed by atoms with Crippen molar-refractivity contribution in [2.24, 2.45) is 0 Å². The van der Waals surface area contributed by atoms with Gasteiger partial charge < -0.3 is 9.84 Å². The zero-order valence-corrected chi connectivity index (χ0v) is 17.8. The van der Waals surface area contributed by atoms with Crippen LogP contribution in [0.4, 0.5) is 14.5 Å². The summed E-state index contributed by atoms with van der Waals surface area (Å²) in [5.41, 5.74) is 0.0622. The fourth-order valence-corrected chi connectivity index (χ4v) is 3.80. The van der Waals surface area contributed by atoms with Crippen LogP contribution in [0.1, 0.15) is 30.5 Å². The zero-order chi connectivity index (χ0) is 23.5. The third-order valence-electron chi connectivity index (χ3n) is 5.33. The summed E-state index contributed by atoms with van der Waals surface area (Å²) in [6, 6.07) is 15.8. The van der Waals surface area contributed by atoms with E-state index in [0.717, 1.165) is 17.4 Å². The van der Waals surface area contributed by atoms with E-state index in [4.69, 9.17) is 4.74 Å². The predicted octanol–water partition coefficient (Wildman–Crippen LogP) is 5.38. The Kier molecular flexibility index (Phi) is 6.22. The van der Waals surface area contributed by atoms with Gasteiger partial charge in [0, 0.05) is 16.8 Å². The molecule has 1 saturated heterocycles. The molecule has 1 amide bonds. The number of rotatable bonds is 6. The van der Waals surface area contributed by atoms with Gasteiger partial charge in [-0.25, -0.2) is 8.78 Å². The molecule has 33 heavy (non-hydrogen) atoms. The molecular formula is C26H21F2NO4. The van der Waals surface area contributed by atoms with Gasteiger partial charge in [-0.15, -0.1) is 0 Å². The maximum absolute atomic E-state index is 14.8. The molecule has 4 rings (SSSR count). The predicted molar refractivity (Wildman–Crippen MR) is 120 cm³/mol. The number of amides is 1. The summed E-state index contributed by atoms with van der Waals surface area (Å²) in [6.07, 6.45) is 0.827. The molecule has 3 aromatic carbocycles. The molecule has 168 valence electrons. The van der Waals surface area contributed by atoms with Crippen LogP contribution in [0, 0.1) is 11.6 Å². The van der Waals surface area contributed by atoms with Crippen molar-refractivity contribution in [3.8, 4) is 5.75 Å². The Morgan fingerprint density at radius 2 is 1.73 bits per heavy atom. The van der Waals surface area contributed by atoms with Crippen LogP contribution < -0.4 is 9.64 Å². The molecule has 0 aliphatic carbocycles. The van der Waals surface area contributed by atoms with Crippen molar-refractivity contribution in [2.75, 3.05) is 11.5 Å². The van der Waals surface area contributed by atoms with Gasteiger partial charge in [0.25, 0.3) is 11.7 Å². The topological polar surface area (TPSA) is 66.8 Å². The minimum Gasteiger partial charge on any atom is -0.507 e. The van der Waals surface area contributed by atoms with E-state index in [9.17, 15) is 23.5 Å². The van der Waals surface area contributed by atoms with Crippen LogP contribution in [0.25, 0.3) is 5.76 Å². The Morgan fingerprint density at radius 1 is 1.00 bits per heavy atom. The average molecular weight is 449 g/mol. The molecule has 7 heteroatoms. The molecule has 1 aliphatic rings. The van der Waals surface area contributed by atoms with Crippen LogP contribution in [0.15, 0.2) is 78.4 Å². The van der Waals surface area contributed by atoms with Crippen LogP contribution in [-0.2, 0) is 9.59 Å². The number of benzene rings is 3. The molecule has 1 fully saturated rings. The van der Waals surface area contributed by atoms with E-state index in [1.54, 1.807) is 30.3 Å². The molecule has 3 aromatic rings. The molecule has 1 atom stereocenters. The first-order chi connectivity index (χ1) is 15.9. The molecule has 0 spiro atoms. The second-order valence-corrected chi connectivity index (χ2v) is 7.54. The lowest BCUT2D eigenvalue weighted by Crippen LogP contribution is -2.30. The number of Topliss-reactive ketones (excluding diaryl/α,β-unsaturated/α-hetero) is 1. The third kappa shape index (κ3) is 4.22. The molecule has 0 saturated carbocycles. The fourth-order valence-electron chi connectivity index (χ4n) is 3.80. The van der Waals surface area contributed by atoms with Gasteiger partial charge >= 0.3 is 0 Å². The van der Waals surface area contributed by atoms with E-state index in [-0.39, 0.29) is 22.4 Å². The second-order valence-electron chi connectivity index (χ2n) is 7.54.